The van der Waals surface area contributed by atoms with Gasteiger partial charge in [-0.05, 0) is 53.1 Å². The topological polar surface area (TPSA) is 95.9 Å². The van der Waals surface area contributed by atoms with Crippen LogP contribution in [0.25, 0.3) is 11.1 Å². The number of carboxylic acid groups (broad SMARTS) is 1. The number of benzene rings is 3. The molecule has 7 rings (SSSR count). The highest BCUT2D eigenvalue weighted by molar-refractivity contribution is 6.05. The van der Waals surface area contributed by atoms with Crippen molar-refractivity contribution in [1.82, 2.24) is 4.90 Å². The molecule has 4 aliphatic rings. The second kappa shape index (κ2) is 7.98. The van der Waals surface area contributed by atoms with Crippen molar-refractivity contribution in [2.75, 3.05) is 18.5 Å². The quantitative estimate of drug-likeness (QED) is 0.564. The fourth-order valence-corrected chi connectivity index (χ4v) is 5.91. The van der Waals surface area contributed by atoms with Gasteiger partial charge in [-0.2, -0.15) is 0 Å². The molecule has 0 unspecified atom stereocenters. The van der Waals surface area contributed by atoms with E-state index in [0.717, 1.165) is 22.3 Å². The van der Waals surface area contributed by atoms with E-state index in [-0.39, 0.29) is 29.9 Å². The van der Waals surface area contributed by atoms with Gasteiger partial charge in [0.1, 0.15) is 12.1 Å². The molecule has 7 heteroatoms. The molecule has 0 spiro atoms. The zero-order chi connectivity index (χ0) is 24.2. The minimum Gasteiger partial charge on any atom is -0.479 e. The maximum absolute atomic E-state index is 13.3. The lowest BCUT2D eigenvalue weighted by atomic mass is 9.73. The molecule has 1 saturated carbocycles. The number of carbonyl (C=O) groups excluding carboxylic acids is 2. The van der Waals surface area contributed by atoms with E-state index >= 15 is 0 Å². The first kappa shape index (κ1) is 21.4. The number of amides is 2. The van der Waals surface area contributed by atoms with E-state index in [0.29, 0.717) is 25.1 Å². The maximum atomic E-state index is 13.3. The highest BCUT2D eigenvalue weighted by Gasteiger charge is 2.63. The van der Waals surface area contributed by atoms with Crippen LogP contribution in [0.15, 0.2) is 72.8 Å². The summed E-state index contributed by atoms with van der Waals surface area (Å²) in [7, 11) is 0. The predicted molar refractivity (Wildman–Crippen MR) is 129 cm³/mol. The first-order chi connectivity index (χ1) is 17.0. The maximum Gasteiger partial charge on any atom is 0.411 e. The van der Waals surface area contributed by atoms with Crippen LogP contribution >= 0.6 is 0 Å². The summed E-state index contributed by atoms with van der Waals surface area (Å²) < 4.78 is 5.62. The van der Waals surface area contributed by atoms with Crippen molar-refractivity contribution in [2.24, 2.45) is 5.92 Å². The number of aliphatic carboxylic acids is 1. The molecule has 2 aliphatic carbocycles. The normalized spacial score (nSPS) is 21.6. The summed E-state index contributed by atoms with van der Waals surface area (Å²) in [5.41, 5.74) is 3.95. The number of hydrogen-bond acceptors (Lipinski definition) is 4. The van der Waals surface area contributed by atoms with Crippen LogP contribution in [0, 0.1) is 5.92 Å². The summed E-state index contributed by atoms with van der Waals surface area (Å²) >= 11 is 0. The molecule has 0 aromatic heterocycles. The summed E-state index contributed by atoms with van der Waals surface area (Å²) in [6.07, 6.45) is 0.303. The third-order valence-electron chi connectivity index (χ3n) is 7.59. The first-order valence-corrected chi connectivity index (χ1v) is 11.7. The van der Waals surface area contributed by atoms with Crippen molar-refractivity contribution in [3.8, 4) is 11.1 Å². The Bertz CT molecular complexity index is 1320. The van der Waals surface area contributed by atoms with E-state index in [9.17, 15) is 19.5 Å². The molecule has 0 radical (unpaired) electrons. The van der Waals surface area contributed by atoms with Gasteiger partial charge in [0.15, 0.2) is 0 Å². The highest BCUT2D eigenvalue weighted by Crippen LogP contribution is 2.51. The van der Waals surface area contributed by atoms with Crippen LogP contribution < -0.4 is 5.32 Å². The summed E-state index contributed by atoms with van der Waals surface area (Å²) in [6.45, 7) is 0.580. The van der Waals surface area contributed by atoms with Crippen molar-refractivity contribution in [3.63, 3.8) is 0 Å². The molecule has 35 heavy (non-hydrogen) atoms. The Labute approximate surface area is 202 Å². The summed E-state index contributed by atoms with van der Waals surface area (Å²) in [4.78, 5) is 39.4. The molecular formula is C28H24N2O5. The summed E-state index contributed by atoms with van der Waals surface area (Å²) in [5.74, 6) is -1.21. The van der Waals surface area contributed by atoms with E-state index in [1.165, 1.54) is 4.90 Å². The monoisotopic (exact) mass is 468 g/mol. The van der Waals surface area contributed by atoms with Crippen LogP contribution in [0.5, 0.6) is 0 Å². The Morgan fingerprint density at radius 1 is 0.914 bits per heavy atom. The van der Waals surface area contributed by atoms with Crippen molar-refractivity contribution in [1.29, 1.82) is 0 Å². The van der Waals surface area contributed by atoms with Crippen LogP contribution in [-0.4, -0.2) is 46.7 Å². The molecule has 176 valence electrons. The third-order valence-corrected chi connectivity index (χ3v) is 7.59. The van der Waals surface area contributed by atoms with E-state index in [2.05, 4.69) is 29.6 Å². The van der Waals surface area contributed by atoms with Gasteiger partial charge in [0.2, 0.25) is 0 Å². The van der Waals surface area contributed by atoms with Crippen molar-refractivity contribution >= 4 is 23.7 Å². The largest absolute Gasteiger partial charge is 0.479 e. The average Bonchev–Trinajstić information content (AvgIpc) is 3.51. The first-order valence-electron chi connectivity index (χ1n) is 11.7. The smallest absolute Gasteiger partial charge is 0.411 e. The zero-order valence-corrected chi connectivity index (χ0v) is 18.9. The third kappa shape index (κ3) is 3.30. The number of hydrogen-bond donors (Lipinski definition) is 2. The van der Waals surface area contributed by atoms with Gasteiger partial charge in [-0.1, -0.05) is 60.7 Å². The molecule has 2 saturated heterocycles. The van der Waals surface area contributed by atoms with Gasteiger partial charge in [-0.3, -0.25) is 10.1 Å². The molecule has 7 nitrogen and oxygen atoms in total. The van der Waals surface area contributed by atoms with Crippen molar-refractivity contribution in [3.05, 3.63) is 89.5 Å². The molecule has 0 atom stereocenters. The minimum atomic E-state index is -1.13. The Kier molecular flexibility index (Phi) is 4.88. The molecule has 2 heterocycles. The van der Waals surface area contributed by atoms with E-state index in [4.69, 9.17) is 4.74 Å². The number of nitrogens with zero attached hydrogens (tertiary/aromatic N) is 1. The number of anilines is 1. The number of ether oxygens (including phenoxy) is 1. The molecule has 2 amide bonds. The van der Waals surface area contributed by atoms with Gasteiger partial charge < -0.3 is 14.7 Å². The van der Waals surface area contributed by atoms with Crippen LogP contribution in [-0.2, 0) is 9.53 Å². The lowest BCUT2D eigenvalue weighted by Gasteiger charge is -2.37. The second-order valence-corrected chi connectivity index (χ2v) is 9.52. The predicted octanol–water partition coefficient (Wildman–Crippen LogP) is 4.74. The van der Waals surface area contributed by atoms with Gasteiger partial charge in [-0.15, -0.1) is 0 Å². The Balaban J connectivity index is 1.18. The summed E-state index contributed by atoms with van der Waals surface area (Å²) in [5, 5.41) is 12.4. The van der Waals surface area contributed by atoms with Crippen LogP contribution in [0.2, 0.25) is 0 Å². The lowest BCUT2D eigenvalue weighted by Crippen LogP contribution is -2.54. The Morgan fingerprint density at radius 2 is 1.51 bits per heavy atom. The van der Waals surface area contributed by atoms with Crippen molar-refractivity contribution < 1.29 is 24.2 Å². The van der Waals surface area contributed by atoms with Gasteiger partial charge in [0.05, 0.1) is 11.3 Å². The fourth-order valence-electron chi connectivity index (χ4n) is 5.91. The lowest BCUT2D eigenvalue weighted by molar-refractivity contribution is -0.151. The van der Waals surface area contributed by atoms with Crippen LogP contribution in [0.4, 0.5) is 10.5 Å². The number of para-hydroxylation sites is 1. The number of rotatable bonds is 5. The molecule has 3 fully saturated rings. The Morgan fingerprint density at radius 3 is 2.17 bits per heavy atom. The standard InChI is InChI=1S/C28H24N2O5/c31-25(30-15-17-13-28(30,14-17)26(32)33)22-11-5-6-12-24(22)29-27(34)35-16-23-20-9-3-1-7-18(20)19-8-2-4-10-21(19)23/h1-12,17,23H,13-16H2,(H,29,34)(H,32,33). The van der Waals surface area contributed by atoms with Gasteiger partial charge in [0, 0.05) is 12.5 Å². The number of carboxylic acids is 1. The molecule has 3 aromatic rings. The van der Waals surface area contributed by atoms with Crippen LogP contribution in [0.1, 0.15) is 40.2 Å². The highest BCUT2D eigenvalue weighted by atomic mass is 16.5. The molecule has 2 bridgehead atoms. The van der Waals surface area contributed by atoms with Gasteiger partial charge >= 0.3 is 12.1 Å². The number of carbonyl (C=O) groups is 3. The van der Waals surface area contributed by atoms with E-state index in [1.807, 2.05) is 24.3 Å². The molecule has 2 aliphatic heterocycles. The summed E-state index contributed by atoms with van der Waals surface area (Å²) in [6, 6.07) is 22.8. The van der Waals surface area contributed by atoms with Gasteiger partial charge in [-0.25, -0.2) is 9.59 Å². The van der Waals surface area contributed by atoms with E-state index < -0.39 is 17.6 Å². The number of nitrogens with one attached hydrogen (secondary N) is 1. The zero-order valence-electron chi connectivity index (χ0n) is 18.9. The number of fused-ring (bicyclic) bond motifs is 4. The van der Waals surface area contributed by atoms with Crippen LogP contribution in [0.3, 0.4) is 0 Å². The second-order valence-electron chi connectivity index (χ2n) is 9.52. The van der Waals surface area contributed by atoms with Gasteiger partial charge in [0.25, 0.3) is 5.91 Å². The Hall–Kier alpha value is -4.13. The minimum absolute atomic E-state index is 0.0724. The molecular weight excluding hydrogens is 444 g/mol. The SMILES string of the molecule is O=C(Nc1ccccc1C(=O)N1CC2CC1(C(=O)O)C2)OCC1c2ccccc2-c2ccccc21. The fraction of sp³-hybridized carbons (Fsp3) is 0.250. The molecule has 2 N–H and O–H groups in total. The van der Waals surface area contributed by atoms with Crippen molar-refractivity contribution in [2.45, 2.75) is 24.3 Å². The average molecular weight is 469 g/mol. The molecule has 3 aromatic carbocycles. The van der Waals surface area contributed by atoms with E-state index in [1.54, 1.807) is 24.3 Å².